The van der Waals surface area contributed by atoms with E-state index in [1.54, 1.807) is 6.08 Å². The fourth-order valence-corrected chi connectivity index (χ4v) is 3.55. The van der Waals surface area contributed by atoms with Gasteiger partial charge in [0.05, 0.1) is 5.56 Å². The fraction of sp³-hybridized carbons (Fsp3) is 0.476. The van der Waals surface area contributed by atoms with Gasteiger partial charge in [0.1, 0.15) is 5.78 Å². The van der Waals surface area contributed by atoms with Gasteiger partial charge in [-0.1, -0.05) is 25.3 Å². The fourth-order valence-electron chi connectivity index (χ4n) is 3.55. The number of halogens is 3. The molecule has 0 unspecified atom stereocenters. The lowest BCUT2D eigenvalue weighted by molar-refractivity contribution is -0.137. The van der Waals surface area contributed by atoms with Gasteiger partial charge in [0, 0.05) is 18.8 Å². The van der Waals surface area contributed by atoms with Crippen molar-refractivity contribution in [3.63, 3.8) is 0 Å². The molecule has 1 N–H and O–H groups in total. The molecular formula is C21H23F3O4. The zero-order valence-electron chi connectivity index (χ0n) is 15.4. The molecule has 4 nitrogen and oxygen atoms in total. The summed E-state index contributed by atoms with van der Waals surface area (Å²) in [6.45, 7) is 0. The molecule has 1 aliphatic rings. The Balaban J connectivity index is 1.91. The standard InChI is InChI=1S/C21H23F3O4/c22-16-10-9-15(20(23)21(16)24)18(26)12-8-13-7-11-17(25)14(13)5-3-1-2-4-6-19(27)28/h8-10,12-14H,1-7,11H2,(H,27,28)/t13-,14-/m0/s1. The van der Waals surface area contributed by atoms with E-state index in [0.29, 0.717) is 31.7 Å². The molecule has 0 heterocycles. The Morgan fingerprint density at radius 1 is 1.07 bits per heavy atom. The maximum Gasteiger partial charge on any atom is 0.303 e. The Bertz CT molecular complexity index is 773. The largest absolute Gasteiger partial charge is 0.481 e. The predicted octanol–water partition coefficient (Wildman–Crippen LogP) is 4.86. The van der Waals surface area contributed by atoms with E-state index in [2.05, 4.69) is 0 Å². The molecule has 0 aliphatic heterocycles. The molecule has 0 spiro atoms. The zero-order valence-corrected chi connectivity index (χ0v) is 15.4. The van der Waals surface area contributed by atoms with Crippen molar-refractivity contribution in [3.8, 4) is 0 Å². The van der Waals surface area contributed by atoms with Crippen LogP contribution in [0.3, 0.4) is 0 Å². The Morgan fingerprint density at radius 3 is 2.50 bits per heavy atom. The highest BCUT2D eigenvalue weighted by Gasteiger charge is 2.32. The molecule has 1 aromatic rings. The minimum Gasteiger partial charge on any atom is -0.481 e. The monoisotopic (exact) mass is 396 g/mol. The van der Waals surface area contributed by atoms with Gasteiger partial charge >= 0.3 is 5.97 Å². The average Bonchev–Trinajstić information content (AvgIpc) is 3.00. The van der Waals surface area contributed by atoms with Crippen molar-refractivity contribution in [1.82, 2.24) is 0 Å². The van der Waals surface area contributed by atoms with Crippen molar-refractivity contribution < 1.29 is 32.7 Å². The summed E-state index contributed by atoms with van der Waals surface area (Å²) in [7, 11) is 0. The van der Waals surface area contributed by atoms with Gasteiger partial charge in [0.25, 0.3) is 0 Å². The highest BCUT2D eigenvalue weighted by molar-refractivity contribution is 6.04. The SMILES string of the molecule is O=C(O)CCCCCC[C@@H]1C(=O)CC[C@H]1C=CC(=O)c1ccc(F)c(F)c1F. The minimum absolute atomic E-state index is 0.117. The van der Waals surface area contributed by atoms with Crippen LogP contribution < -0.4 is 0 Å². The van der Waals surface area contributed by atoms with Crippen LogP contribution in [-0.2, 0) is 9.59 Å². The second-order valence-electron chi connectivity index (χ2n) is 7.07. The van der Waals surface area contributed by atoms with Crippen LogP contribution in [0.2, 0.25) is 0 Å². The lowest BCUT2D eigenvalue weighted by Gasteiger charge is -2.14. The van der Waals surface area contributed by atoms with E-state index in [1.165, 1.54) is 0 Å². The molecule has 152 valence electrons. The van der Waals surface area contributed by atoms with Crippen molar-refractivity contribution in [2.45, 2.75) is 51.4 Å². The normalized spacial score (nSPS) is 19.5. The maximum absolute atomic E-state index is 13.7. The molecule has 1 aliphatic carbocycles. The molecule has 1 saturated carbocycles. The number of unbranched alkanes of at least 4 members (excludes halogenated alkanes) is 3. The third-order valence-corrected chi connectivity index (χ3v) is 5.11. The topological polar surface area (TPSA) is 71.4 Å². The smallest absolute Gasteiger partial charge is 0.303 e. The number of carboxylic acids is 1. The Kier molecular flexibility index (Phi) is 7.96. The molecule has 0 aromatic heterocycles. The summed E-state index contributed by atoms with van der Waals surface area (Å²) in [4.78, 5) is 34.7. The van der Waals surface area contributed by atoms with E-state index < -0.39 is 34.8 Å². The van der Waals surface area contributed by atoms with Gasteiger partial charge in [-0.25, -0.2) is 13.2 Å². The minimum atomic E-state index is -1.68. The number of Topliss-reactive ketones (excluding diaryl/α,β-unsaturated/α-hetero) is 1. The Labute approximate surface area is 161 Å². The van der Waals surface area contributed by atoms with Crippen molar-refractivity contribution in [3.05, 3.63) is 47.3 Å². The van der Waals surface area contributed by atoms with Gasteiger partial charge in [-0.15, -0.1) is 0 Å². The molecule has 28 heavy (non-hydrogen) atoms. The van der Waals surface area contributed by atoms with Gasteiger partial charge < -0.3 is 5.11 Å². The van der Waals surface area contributed by atoms with Crippen LogP contribution in [-0.4, -0.2) is 22.6 Å². The highest BCUT2D eigenvalue weighted by Crippen LogP contribution is 2.34. The second kappa shape index (κ2) is 10.2. The van der Waals surface area contributed by atoms with Crippen molar-refractivity contribution >= 4 is 17.5 Å². The maximum atomic E-state index is 13.7. The number of hydrogen-bond donors (Lipinski definition) is 1. The summed E-state index contributed by atoms with van der Waals surface area (Å²) in [5.41, 5.74) is -0.547. The van der Waals surface area contributed by atoms with E-state index in [9.17, 15) is 27.6 Å². The number of aliphatic carboxylic acids is 1. The molecular weight excluding hydrogens is 373 g/mol. The van der Waals surface area contributed by atoms with E-state index in [1.807, 2.05) is 0 Å². The molecule has 2 rings (SSSR count). The first-order chi connectivity index (χ1) is 13.3. The van der Waals surface area contributed by atoms with Gasteiger partial charge in [0.15, 0.2) is 23.2 Å². The van der Waals surface area contributed by atoms with Crippen LogP contribution in [0.25, 0.3) is 0 Å². The Hall–Kier alpha value is -2.44. The summed E-state index contributed by atoms with van der Waals surface area (Å²) in [6.07, 6.45) is 7.46. The van der Waals surface area contributed by atoms with Crippen LogP contribution in [0.4, 0.5) is 13.2 Å². The molecule has 0 radical (unpaired) electrons. The van der Waals surface area contributed by atoms with Crippen LogP contribution in [0.15, 0.2) is 24.3 Å². The van der Waals surface area contributed by atoms with Crippen LogP contribution in [0, 0.1) is 29.3 Å². The summed E-state index contributed by atoms with van der Waals surface area (Å²) in [6, 6.07) is 1.60. The van der Waals surface area contributed by atoms with Crippen LogP contribution in [0.5, 0.6) is 0 Å². The van der Waals surface area contributed by atoms with Gasteiger partial charge in [-0.05, 0) is 43.4 Å². The summed E-state index contributed by atoms with van der Waals surface area (Å²) in [5, 5.41) is 8.60. The van der Waals surface area contributed by atoms with E-state index in [0.717, 1.165) is 31.4 Å². The van der Waals surface area contributed by atoms with Crippen LogP contribution in [0.1, 0.15) is 61.7 Å². The van der Waals surface area contributed by atoms with E-state index in [4.69, 9.17) is 5.11 Å². The second-order valence-corrected chi connectivity index (χ2v) is 7.07. The van der Waals surface area contributed by atoms with Gasteiger partial charge in [-0.3, -0.25) is 14.4 Å². The molecule has 1 fully saturated rings. The van der Waals surface area contributed by atoms with E-state index in [-0.39, 0.29) is 24.0 Å². The van der Waals surface area contributed by atoms with Crippen molar-refractivity contribution in [1.29, 1.82) is 0 Å². The Morgan fingerprint density at radius 2 is 1.79 bits per heavy atom. The lowest BCUT2D eigenvalue weighted by atomic mass is 9.89. The third-order valence-electron chi connectivity index (χ3n) is 5.11. The first-order valence-corrected chi connectivity index (χ1v) is 9.41. The van der Waals surface area contributed by atoms with Crippen molar-refractivity contribution in [2.75, 3.05) is 0 Å². The quantitative estimate of drug-likeness (QED) is 0.265. The van der Waals surface area contributed by atoms with E-state index >= 15 is 0 Å². The number of carbonyl (C=O) groups is 3. The van der Waals surface area contributed by atoms with Crippen LogP contribution >= 0.6 is 0 Å². The van der Waals surface area contributed by atoms with Gasteiger partial charge in [0.2, 0.25) is 0 Å². The molecule has 0 amide bonds. The number of hydrogen-bond acceptors (Lipinski definition) is 3. The number of rotatable bonds is 10. The number of carboxylic acid groups (broad SMARTS) is 1. The summed E-state index contributed by atoms with van der Waals surface area (Å²) < 4.78 is 40.0. The lowest BCUT2D eigenvalue weighted by Crippen LogP contribution is -2.13. The van der Waals surface area contributed by atoms with Gasteiger partial charge in [-0.2, -0.15) is 0 Å². The number of benzene rings is 1. The molecule has 2 atom stereocenters. The molecule has 0 saturated heterocycles. The number of ketones is 2. The third kappa shape index (κ3) is 5.78. The molecule has 1 aromatic carbocycles. The number of carbonyl (C=O) groups excluding carboxylic acids is 2. The zero-order chi connectivity index (χ0) is 20.7. The first kappa shape index (κ1) is 21.9. The predicted molar refractivity (Wildman–Crippen MR) is 96.3 cm³/mol. The summed E-state index contributed by atoms with van der Waals surface area (Å²) in [5.74, 6) is -6.41. The average molecular weight is 396 g/mol. The summed E-state index contributed by atoms with van der Waals surface area (Å²) >= 11 is 0. The molecule has 7 heteroatoms. The first-order valence-electron chi connectivity index (χ1n) is 9.41. The highest BCUT2D eigenvalue weighted by atomic mass is 19.2. The molecule has 0 bridgehead atoms. The van der Waals surface area contributed by atoms with Crippen molar-refractivity contribution in [2.24, 2.45) is 11.8 Å². The number of allylic oxidation sites excluding steroid dienone is 2.